The summed E-state index contributed by atoms with van der Waals surface area (Å²) in [6.07, 6.45) is 1.54. The van der Waals surface area contributed by atoms with E-state index in [4.69, 9.17) is 5.11 Å². The van der Waals surface area contributed by atoms with Gasteiger partial charge in [0.25, 0.3) is 10.0 Å². The van der Waals surface area contributed by atoms with Crippen LogP contribution in [0.4, 0.5) is 5.82 Å². The molecule has 0 bridgehead atoms. The van der Waals surface area contributed by atoms with Crippen LogP contribution in [0.2, 0.25) is 0 Å². The van der Waals surface area contributed by atoms with Crippen LogP contribution in [0.5, 0.6) is 0 Å². The van der Waals surface area contributed by atoms with Gasteiger partial charge < -0.3 is 5.11 Å². The maximum atomic E-state index is 12.2. The Balaban J connectivity index is 2.35. The molecule has 2 heterocycles. The van der Waals surface area contributed by atoms with Crippen LogP contribution in [-0.4, -0.2) is 24.5 Å². The van der Waals surface area contributed by atoms with Gasteiger partial charge in [-0.2, -0.15) is 0 Å². The van der Waals surface area contributed by atoms with Crippen molar-refractivity contribution in [3.05, 3.63) is 39.7 Å². The summed E-state index contributed by atoms with van der Waals surface area (Å²) in [6.45, 7) is 3.40. The molecule has 8 heteroatoms. The van der Waals surface area contributed by atoms with Crippen molar-refractivity contribution < 1.29 is 18.3 Å². The number of nitrogens with one attached hydrogen (secondary N) is 1. The predicted molar refractivity (Wildman–Crippen MR) is 75.8 cm³/mol. The lowest BCUT2D eigenvalue weighted by Crippen LogP contribution is -2.14. The molecule has 0 atom stereocenters. The highest BCUT2D eigenvalue weighted by Crippen LogP contribution is 2.27. The second kappa shape index (κ2) is 5.22. The summed E-state index contributed by atoms with van der Waals surface area (Å²) >= 11 is 0.923. The second-order valence-electron chi connectivity index (χ2n) is 4.16. The third-order valence-corrected chi connectivity index (χ3v) is 5.17. The minimum Gasteiger partial charge on any atom is -0.477 e. The number of aromatic nitrogens is 1. The highest BCUT2D eigenvalue weighted by Gasteiger charge is 2.22. The topological polar surface area (TPSA) is 96.4 Å². The minimum absolute atomic E-state index is 0.0141. The molecule has 0 aromatic carbocycles. The molecule has 0 spiro atoms. The summed E-state index contributed by atoms with van der Waals surface area (Å²) in [6, 6.07) is 4.43. The average Bonchev–Trinajstić information content (AvgIpc) is 2.75. The number of hydrogen-bond donors (Lipinski definition) is 2. The van der Waals surface area contributed by atoms with Crippen molar-refractivity contribution in [3.8, 4) is 0 Å². The van der Waals surface area contributed by atoms with E-state index in [-0.39, 0.29) is 15.6 Å². The first-order chi connectivity index (χ1) is 9.29. The Kier molecular flexibility index (Phi) is 3.78. The summed E-state index contributed by atoms with van der Waals surface area (Å²) in [5.41, 5.74) is 0.910. The van der Waals surface area contributed by atoms with Crippen LogP contribution in [0.3, 0.4) is 0 Å². The number of thiophene rings is 1. The molecule has 0 fully saturated rings. The largest absolute Gasteiger partial charge is 0.477 e. The van der Waals surface area contributed by atoms with E-state index in [1.54, 1.807) is 25.3 Å². The molecule has 0 saturated heterocycles. The predicted octanol–water partition coefficient (Wildman–Crippen LogP) is 2.26. The van der Waals surface area contributed by atoms with Crippen molar-refractivity contribution >= 4 is 33.1 Å². The van der Waals surface area contributed by atoms with Gasteiger partial charge in [0.15, 0.2) is 0 Å². The van der Waals surface area contributed by atoms with Crippen LogP contribution in [-0.2, 0) is 10.0 Å². The number of hydrogen-bond acceptors (Lipinski definition) is 5. The maximum absolute atomic E-state index is 12.2. The molecule has 2 aromatic rings. The van der Waals surface area contributed by atoms with E-state index in [9.17, 15) is 13.2 Å². The van der Waals surface area contributed by atoms with E-state index in [1.165, 1.54) is 0 Å². The first-order valence-electron chi connectivity index (χ1n) is 5.59. The Morgan fingerprint density at radius 1 is 1.35 bits per heavy atom. The summed E-state index contributed by atoms with van der Waals surface area (Å²) in [4.78, 5) is 15.2. The van der Waals surface area contributed by atoms with Crippen LogP contribution >= 0.6 is 11.3 Å². The standard InChI is InChI=1S/C12H12N2O4S2/c1-7-3-4-11(13-6-7)14-20(17,18)10-5-9(12(15)16)19-8(10)2/h3-6H,1-2H3,(H,13,14)(H,15,16). The first kappa shape index (κ1) is 14.5. The fourth-order valence-corrected chi connectivity index (χ4v) is 4.00. The number of rotatable bonds is 4. The molecular weight excluding hydrogens is 300 g/mol. The molecule has 0 unspecified atom stereocenters. The van der Waals surface area contributed by atoms with Gasteiger partial charge in [-0.25, -0.2) is 18.2 Å². The molecule has 106 valence electrons. The van der Waals surface area contributed by atoms with Crippen LogP contribution in [0.15, 0.2) is 29.3 Å². The van der Waals surface area contributed by atoms with Gasteiger partial charge in [0.1, 0.15) is 15.6 Å². The summed E-state index contributed by atoms with van der Waals surface area (Å²) in [5, 5.41) is 8.89. The van der Waals surface area contributed by atoms with E-state index in [0.29, 0.717) is 4.88 Å². The molecule has 20 heavy (non-hydrogen) atoms. The van der Waals surface area contributed by atoms with E-state index in [0.717, 1.165) is 23.0 Å². The smallest absolute Gasteiger partial charge is 0.345 e. The number of aromatic carboxylic acids is 1. The van der Waals surface area contributed by atoms with Crippen LogP contribution in [0.1, 0.15) is 20.1 Å². The fourth-order valence-electron chi connectivity index (χ4n) is 1.56. The minimum atomic E-state index is -3.83. The highest BCUT2D eigenvalue weighted by molar-refractivity contribution is 7.93. The highest BCUT2D eigenvalue weighted by atomic mass is 32.2. The summed E-state index contributed by atoms with van der Waals surface area (Å²) in [7, 11) is -3.83. The molecule has 6 nitrogen and oxygen atoms in total. The van der Waals surface area contributed by atoms with Gasteiger partial charge in [0.2, 0.25) is 0 Å². The van der Waals surface area contributed by atoms with Crippen molar-refractivity contribution in [1.82, 2.24) is 4.98 Å². The average molecular weight is 312 g/mol. The van der Waals surface area contributed by atoms with Crippen LogP contribution in [0, 0.1) is 13.8 Å². The van der Waals surface area contributed by atoms with Gasteiger partial charge in [-0.3, -0.25) is 4.72 Å². The van der Waals surface area contributed by atoms with Crippen LogP contribution in [0.25, 0.3) is 0 Å². The van der Waals surface area contributed by atoms with Crippen molar-refractivity contribution in [2.24, 2.45) is 0 Å². The van der Waals surface area contributed by atoms with Gasteiger partial charge in [0, 0.05) is 11.1 Å². The molecular formula is C12H12N2O4S2. The van der Waals surface area contributed by atoms with Crippen molar-refractivity contribution in [1.29, 1.82) is 0 Å². The molecule has 0 aliphatic rings. The molecule has 0 amide bonds. The Morgan fingerprint density at radius 3 is 2.55 bits per heavy atom. The van der Waals surface area contributed by atoms with Crippen molar-refractivity contribution in [2.75, 3.05) is 4.72 Å². The number of carbonyl (C=O) groups is 1. The Labute approximate surface area is 120 Å². The molecule has 2 aromatic heterocycles. The van der Waals surface area contributed by atoms with Crippen LogP contribution < -0.4 is 4.72 Å². The third kappa shape index (κ3) is 2.97. The number of nitrogens with zero attached hydrogens (tertiary/aromatic N) is 1. The van der Waals surface area contributed by atoms with Crippen molar-refractivity contribution in [2.45, 2.75) is 18.7 Å². The van der Waals surface area contributed by atoms with E-state index in [2.05, 4.69) is 9.71 Å². The Bertz CT molecular complexity index is 748. The zero-order valence-corrected chi connectivity index (χ0v) is 12.4. The SMILES string of the molecule is Cc1ccc(NS(=O)(=O)c2cc(C(=O)O)sc2C)nc1. The van der Waals surface area contributed by atoms with E-state index in [1.807, 2.05) is 6.92 Å². The lowest BCUT2D eigenvalue weighted by atomic mass is 10.3. The summed E-state index contributed by atoms with van der Waals surface area (Å²) < 4.78 is 26.7. The zero-order valence-electron chi connectivity index (χ0n) is 10.7. The monoisotopic (exact) mass is 312 g/mol. The number of carboxylic acids is 1. The maximum Gasteiger partial charge on any atom is 0.345 e. The first-order valence-corrected chi connectivity index (χ1v) is 7.89. The summed E-state index contributed by atoms with van der Waals surface area (Å²) in [5.74, 6) is -0.953. The molecule has 0 aliphatic heterocycles. The van der Waals surface area contributed by atoms with E-state index < -0.39 is 16.0 Å². The molecule has 0 radical (unpaired) electrons. The number of carboxylic acid groups (broad SMARTS) is 1. The molecule has 2 rings (SSSR count). The third-order valence-electron chi connectivity index (χ3n) is 2.52. The van der Waals surface area contributed by atoms with Gasteiger partial charge in [0.05, 0.1) is 0 Å². The van der Waals surface area contributed by atoms with E-state index >= 15 is 0 Å². The fraction of sp³-hybridized carbons (Fsp3) is 0.167. The van der Waals surface area contributed by atoms with Gasteiger partial charge >= 0.3 is 5.97 Å². The van der Waals surface area contributed by atoms with Gasteiger partial charge in [-0.15, -0.1) is 11.3 Å². The lowest BCUT2D eigenvalue weighted by molar-refractivity contribution is 0.0702. The van der Waals surface area contributed by atoms with Gasteiger partial charge in [-0.1, -0.05) is 6.07 Å². The Hall–Kier alpha value is -1.93. The molecule has 2 N–H and O–H groups in total. The molecule has 0 aliphatic carbocycles. The number of sulfonamides is 1. The van der Waals surface area contributed by atoms with Gasteiger partial charge in [-0.05, 0) is 31.5 Å². The van der Waals surface area contributed by atoms with Crippen molar-refractivity contribution in [3.63, 3.8) is 0 Å². The Morgan fingerprint density at radius 2 is 2.05 bits per heavy atom. The zero-order chi connectivity index (χ0) is 14.9. The number of pyridine rings is 1. The number of aryl methyl sites for hydroxylation is 2. The second-order valence-corrected chi connectivity index (χ2v) is 7.07. The number of anilines is 1. The molecule has 0 saturated carbocycles. The normalized spacial score (nSPS) is 11.3. The lowest BCUT2D eigenvalue weighted by Gasteiger charge is -2.06. The quantitative estimate of drug-likeness (QED) is 0.902.